The third-order valence-electron chi connectivity index (χ3n) is 5.81. The first-order chi connectivity index (χ1) is 15.7. The maximum absolute atomic E-state index is 14.6. The molecule has 0 aromatic heterocycles. The first kappa shape index (κ1) is 22.3. The first-order valence-electron chi connectivity index (χ1n) is 10.1. The molecule has 1 N–H and O–H groups in total. The van der Waals surface area contributed by atoms with Crippen LogP contribution in [0.1, 0.15) is 34.3 Å². The van der Waals surface area contributed by atoms with Gasteiger partial charge in [0, 0.05) is 18.4 Å². The van der Waals surface area contributed by atoms with E-state index in [2.05, 4.69) is 5.32 Å². The highest BCUT2D eigenvalue weighted by molar-refractivity contribution is 6.08. The number of amides is 3. The summed E-state index contributed by atoms with van der Waals surface area (Å²) in [5, 5.41) is 11.4. The first-order valence-corrected chi connectivity index (χ1v) is 10.1. The van der Waals surface area contributed by atoms with Crippen molar-refractivity contribution >= 4 is 23.3 Å². The van der Waals surface area contributed by atoms with Crippen LogP contribution in [0.3, 0.4) is 0 Å². The number of carbonyl (C=O) groups excluding carboxylic acids is 2. The molecule has 2 aliphatic rings. The Kier molecular flexibility index (Phi) is 5.57. The smallest absolute Gasteiger partial charge is 0.355 e. The molecule has 170 valence electrons. The van der Waals surface area contributed by atoms with Crippen LogP contribution in [-0.2, 0) is 6.18 Å². The Morgan fingerprint density at radius 2 is 1.85 bits per heavy atom. The zero-order valence-corrected chi connectivity index (χ0v) is 17.4. The Morgan fingerprint density at radius 3 is 2.48 bits per heavy atom. The zero-order chi connectivity index (χ0) is 23.9. The van der Waals surface area contributed by atoms with Crippen molar-refractivity contribution in [1.82, 2.24) is 5.32 Å². The quantitative estimate of drug-likeness (QED) is 0.539. The topological polar surface area (TPSA) is 76.4 Å². The van der Waals surface area contributed by atoms with E-state index in [1.54, 1.807) is 6.08 Å². The number of nitriles is 1. The number of rotatable bonds is 3. The number of nitrogens with one attached hydrogen (secondary N) is 1. The Bertz CT molecular complexity index is 1200. The molecule has 33 heavy (non-hydrogen) atoms. The molecule has 4 rings (SSSR count). The van der Waals surface area contributed by atoms with Crippen LogP contribution in [0, 0.1) is 17.1 Å². The van der Waals surface area contributed by atoms with Crippen molar-refractivity contribution in [1.29, 1.82) is 5.26 Å². The predicted molar refractivity (Wildman–Crippen MR) is 112 cm³/mol. The van der Waals surface area contributed by atoms with E-state index in [1.807, 2.05) is 6.08 Å². The Morgan fingerprint density at radius 1 is 1.15 bits per heavy atom. The zero-order valence-electron chi connectivity index (χ0n) is 17.4. The van der Waals surface area contributed by atoms with Gasteiger partial charge in [-0.2, -0.15) is 18.4 Å². The number of hydrogen-bond acceptors (Lipinski definition) is 3. The van der Waals surface area contributed by atoms with Gasteiger partial charge in [-0.15, -0.1) is 0 Å². The van der Waals surface area contributed by atoms with Crippen LogP contribution >= 0.6 is 0 Å². The summed E-state index contributed by atoms with van der Waals surface area (Å²) in [6, 6.07) is 6.76. The van der Waals surface area contributed by atoms with Gasteiger partial charge in [0.15, 0.2) is 0 Å². The van der Waals surface area contributed by atoms with Crippen LogP contribution in [0.25, 0.3) is 0 Å². The molecule has 0 unspecified atom stereocenters. The molecule has 0 radical (unpaired) electrons. The molecule has 2 aromatic rings. The molecule has 1 heterocycles. The van der Waals surface area contributed by atoms with Crippen molar-refractivity contribution in [2.75, 3.05) is 16.8 Å². The summed E-state index contributed by atoms with van der Waals surface area (Å²) >= 11 is 0. The number of allylic oxidation sites excluding steroid dienone is 1. The molecule has 0 saturated carbocycles. The van der Waals surface area contributed by atoms with Gasteiger partial charge in [0.2, 0.25) is 0 Å². The molecule has 1 aliphatic heterocycles. The van der Waals surface area contributed by atoms with Crippen molar-refractivity contribution in [3.8, 4) is 6.07 Å². The number of hydrogen-bond donors (Lipinski definition) is 1. The van der Waals surface area contributed by atoms with E-state index in [0.29, 0.717) is 12.8 Å². The molecule has 0 bridgehead atoms. The molecular weight excluding hydrogens is 440 g/mol. The molecule has 10 heteroatoms. The summed E-state index contributed by atoms with van der Waals surface area (Å²) < 4.78 is 55.1. The van der Waals surface area contributed by atoms with Crippen LogP contribution in [-0.4, -0.2) is 31.1 Å². The van der Waals surface area contributed by atoms with Gasteiger partial charge < -0.3 is 5.32 Å². The third-order valence-corrected chi connectivity index (χ3v) is 5.81. The maximum Gasteiger partial charge on any atom is 0.417 e. The van der Waals surface area contributed by atoms with Crippen molar-refractivity contribution in [3.63, 3.8) is 0 Å². The van der Waals surface area contributed by atoms with E-state index >= 15 is 0 Å². The van der Waals surface area contributed by atoms with Crippen molar-refractivity contribution < 1.29 is 27.2 Å². The summed E-state index contributed by atoms with van der Waals surface area (Å²) in [6.45, 7) is 0. The molecule has 2 atom stereocenters. The lowest BCUT2D eigenvalue weighted by Crippen LogP contribution is -2.38. The predicted octanol–water partition coefficient (Wildman–Crippen LogP) is 4.61. The van der Waals surface area contributed by atoms with E-state index < -0.39 is 47.1 Å². The highest BCUT2D eigenvalue weighted by Gasteiger charge is 2.47. The number of carbonyl (C=O) groups is 2. The summed E-state index contributed by atoms with van der Waals surface area (Å²) in [4.78, 5) is 27.8. The van der Waals surface area contributed by atoms with E-state index in [-0.39, 0.29) is 16.9 Å². The second kappa shape index (κ2) is 8.24. The molecule has 2 aromatic carbocycles. The van der Waals surface area contributed by atoms with Crippen LogP contribution in [0.4, 0.5) is 33.7 Å². The van der Waals surface area contributed by atoms with Crippen LogP contribution in [0.5, 0.6) is 0 Å². The summed E-state index contributed by atoms with van der Waals surface area (Å²) in [5.41, 5.74) is -1.68. The maximum atomic E-state index is 14.6. The van der Waals surface area contributed by atoms with E-state index in [1.165, 1.54) is 41.1 Å². The summed E-state index contributed by atoms with van der Waals surface area (Å²) in [7, 11) is 1.36. The number of anilines is 2. The molecule has 1 aliphatic carbocycles. The fourth-order valence-electron chi connectivity index (χ4n) is 4.30. The normalized spacial score (nSPS) is 19.9. The van der Waals surface area contributed by atoms with E-state index in [4.69, 9.17) is 5.26 Å². The third kappa shape index (κ3) is 3.80. The molecule has 1 fully saturated rings. The highest BCUT2D eigenvalue weighted by atomic mass is 19.4. The van der Waals surface area contributed by atoms with Crippen LogP contribution < -0.4 is 15.1 Å². The molecule has 3 amide bonds. The van der Waals surface area contributed by atoms with Gasteiger partial charge in [0.25, 0.3) is 5.91 Å². The number of fused-ring (bicyclic) bond motifs is 1. The van der Waals surface area contributed by atoms with Gasteiger partial charge >= 0.3 is 12.2 Å². The van der Waals surface area contributed by atoms with Crippen molar-refractivity contribution in [2.45, 2.75) is 31.1 Å². The minimum absolute atomic E-state index is 0.0159. The standard InChI is InChI=1S/C23H18F4N4O2/c1-29-21(32)16-9-8-15(11-18(16)24)31-20-5-3-2-4-19(20)30(22(31)33)14-7-6-13(12-28)17(10-14)23(25,26)27/h2,4,6-11,19-20H,3,5H2,1H3,(H,29,32)/t19-,20-/m1/s1. The van der Waals surface area contributed by atoms with Gasteiger partial charge in [-0.05, 0) is 49.2 Å². The molecule has 6 nitrogen and oxygen atoms in total. The number of urea groups is 1. The lowest BCUT2D eigenvalue weighted by atomic mass is 9.95. The van der Waals surface area contributed by atoms with Crippen LogP contribution in [0.2, 0.25) is 0 Å². The second-order valence-corrected chi connectivity index (χ2v) is 7.67. The van der Waals surface area contributed by atoms with Gasteiger partial charge in [-0.3, -0.25) is 14.6 Å². The van der Waals surface area contributed by atoms with E-state index in [0.717, 1.165) is 18.2 Å². The number of halogens is 4. The minimum atomic E-state index is -4.77. The Labute approximate surface area is 186 Å². The van der Waals surface area contributed by atoms with Gasteiger partial charge in [0.05, 0.1) is 34.8 Å². The van der Waals surface area contributed by atoms with Crippen molar-refractivity contribution in [2.24, 2.45) is 0 Å². The monoisotopic (exact) mass is 458 g/mol. The average Bonchev–Trinajstić information content (AvgIpc) is 3.09. The largest absolute Gasteiger partial charge is 0.417 e. The second-order valence-electron chi connectivity index (χ2n) is 7.67. The minimum Gasteiger partial charge on any atom is -0.355 e. The summed E-state index contributed by atoms with van der Waals surface area (Å²) in [5.74, 6) is -1.44. The van der Waals surface area contributed by atoms with Gasteiger partial charge in [-0.25, -0.2) is 9.18 Å². The SMILES string of the molecule is CNC(=O)c1ccc(N2C(=O)N(c3ccc(C#N)c(C(F)(F)F)c3)[C@@H]3C=CCC[C@H]32)cc1F. The number of nitrogens with zero attached hydrogens (tertiary/aromatic N) is 3. The van der Waals surface area contributed by atoms with Crippen molar-refractivity contribution in [3.05, 3.63) is 71.1 Å². The van der Waals surface area contributed by atoms with Gasteiger partial charge in [0.1, 0.15) is 5.82 Å². The average molecular weight is 458 g/mol. The Hall–Kier alpha value is -3.87. The lowest BCUT2D eigenvalue weighted by molar-refractivity contribution is -0.137. The number of benzene rings is 2. The molecular formula is C23H18F4N4O2. The Balaban J connectivity index is 1.79. The number of alkyl halides is 3. The summed E-state index contributed by atoms with van der Waals surface area (Å²) in [6.07, 6.45) is -0.0329. The molecule has 0 spiro atoms. The van der Waals surface area contributed by atoms with E-state index in [9.17, 15) is 27.2 Å². The lowest BCUT2D eigenvalue weighted by Gasteiger charge is -2.28. The fourth-order valence-corrected chi connectivity index (χ4v) is 4.30. The van der Waals surface area contributed by atoms with Crippen LogP contribution in [0.15, 0.2) is 48.6 Å². The fraction of sp³-hybridized carbons (Fsp3) is 0.261. The van der Waals surface area contributed by atoms with Gasteiger partial charge in [-0.1, -0.05) is 12.2 Å². The molecule has 1 saturated heterocycles. The highest BCUT2D eigenvalue weighted by Crippen LogP contribution is 2.40.